The third-order valence-corrected chi connectivity index (χ3v) is 2.77. The number of anilines is 2. The Bertz CT molecular complexity index is 354. The van der Waals surface area contributed by atoms with E-state index in [2.05, 4.69) is 32.1 Å². The molecular weight excluding hydrogens is 230 g/mol. The normalized spacial score (nSPS) is 15.8. The van der Waals surface area contributed by atoms with Crippen molar-refractivity contribution >= 4 is 11.9 Å². The first kappa shape index (κ1) is 13.0. The van der Waals surface area contributed by atoms with Crippen LogP contribution >= 0.6 is 0 Å². The molecule has 1 aliphatic rings. The zero-order valence-electron chi connectivity index (χ0n) is 11.1. The highest BCUT2D eigenvalue weighted by Gasteiger charge is 2.16. The van der Waals surface area contributed by atoms with Crippen LogP contribution in [0.25, 0.3) is 0 Å². The summed E-state index contributed by atoms with van der Waals surface area (Å²) in [6.07, 6.45) is 1.93. The van der Waals surface area contributed by atoms with Crippen molar-refractivity contribution < 1.29 is 4.74 Å². The Kier molecular flexibility index (Phi) is 4.69. The van der Waals surface area contributed by atoms with Gasteiger partial charge in [-0.15, -0.1) is 0 Å². The van der Waals surface area contributed by atoms with Crippen molar-refractivity contribution in [2.75, 3.05) is 43.1 Å². The molecule has 0 unspecified atom stereocenters. The van der Waals surface area contributed by atoms with Crippen molar-refractivity contribution in [2.45, 2.75) is 26.7 Å². The average Bonchev–Trinajstić information content (AvgIpc) is 2.40. The fraction of sp³-hybridized carbons (Fsp3) is 0.750. The third-order valence-electron chi connectivity index (χ3n) is 2.77. The number of morpholine rings is 1. The minimum absolute atomic E-state index is 0.678. The molecule has 6 nitrogen and oxygen atoms in total. The molecule has 1 saturated heterocycles. The highest BCUT2D eigenvalue weighted by molar-refractivity contribution is 5.37. The summed E-state index contributed by atoms with van der Waals surface area (Å²) in [6, 6.07) is 0. The molecule has 1 aromatic rings. The molecule has 1 N–H and O–H groups in total. The van der Waals surface area contributed by atoms with Gasteiger partial charge in [-0.05, 0) is 13.3 Å². The number of nitrogens with zero attached hydrogens (tertiary/aromatic N) is 4. The van der Waals surface area contributed by atoms with Crippen LogP contribution in [0, 0.1) is 0 Å². The quantitative estimate of drug-likeness (QED) is 0.845. The van der Waals surface area contributed by atoms with Crippen molar-refractivity contribution in [3.63, 3.8) is 0 Å². The van der Waals surface area contributed by atoms with E-state index in [1.807, 2.05) is 6.92 Å². The Balaban J connectivity index is 2.20. The second kappa shape index (κ2) is 6.49. The van der Waals surface area contributed by atoms with E-state index in [0.29, 0.717) is 5.95 Å². The molecule has 6 heteroatoms. The van der Waals surface area contributed by atoms with Gasteiger partial charge in [0.05, 0.1) is 13.2 Å². The zero-order valence-corrected chi connectivity index (χ0v) is 11.1. The Hall–Kier alpha value is -1.43. The molecule has 0 aromatic carbocycles. The van der Waals surface area contributed by atoms with E-state index < -0.39 is 0 Å². The minimum Gasteiger partial charge on any atom is -0.378 e. The van der Waals surface area contributed by atoms with Crippen molar-refractivity contribution in [2.24, 2.45) is 0 Å². The van der Waals surface area contributed by atoms with Crippen LogP contribution in [0.5, 0.6) is 0 Å². The van der Waals surface area contributed by atoms with E-state index in [9.17, 15) is 0 Å². The van der Waals surface area contributed by atoms with Gasteiger partial charge in [-0.1, -0.05) is 6.92 Å². The van der Waals surface area contributed by atoms with Crippen LogP contribution in [-0.4, -0.2) is 47.8 Å². The summed E-state index contributed by atoms with van der Waals surface area (Å²) in [5.74, 6) is 2.31. The van der Waals surface area contributed by atoms with Gasteiger partial charge in [0, 0.05) is 26.1 Å². The predicted octanol–water partition coefficient (Wildman–Crippen LogP) is 1.09. The summed E-state index contributed by atoms with van der Waals surface area (Å²) >= 11 is 0. The topological polar surface area (TPSA) is 63.2 Å². The van der Waals surface area contributed by atoms with E-state index in [0.717, 1.165) is 57.5 Å². The Labute approximate surface area is 108 Å². The first-order valence-electron chi connectivity index (χ1n) is 6.65. The second-order valence-electron chi connectivity index (χ2n) is 4.25. The fourth-order valence-electron chi connectivity index (χ4n) is 1.88. The maximum absolute atomic E-state index is 5.35. The highest BCUT2D eigenvalue weighted by atomic mass is 16.5. The van der Waals surface area contributed by atoms with Crippen LogP contribution in [0.1, 0.15) is 26.1 Å². The van der Waals surface area contributed by atoms with E-state index in [1.54, 1.807) is 0 Å². The van der Waals surface area contributed by atoms with Gasteiger partial charge in [0.25, 0.3) is 0 Å². The lowest BCUT2D eigenvalue weighted by Crippen LogP contribution is -2.37. The van der Waals surface area contributed by atoms with Crippen LogP contribution in [-0.2, 0) is 11.2 Å². The van der Waals surface area contributed by atoms with Crippen LogP contribution < -0.4 is 10.2 Å². The summed E-state index contributed by atoms with van der Waals surface area (Å²) in [4.78, 5) is 15.6. The van der Waals surface area contributed by atoms with Gasteiger partial charge in [0.1, 0.15) is 5.82 Å². The van der Waals surface area contributed by atoms with Gasteiger partial charge in [0.15, 0.2) is 0 Å². The SMILES string of the molecule is CCCc1nc(NCC)nc(N2CCOCC2)n1. The van der Waals surface area contributed by atoms with E-state index >= 15 is 0 Å². The maximum atomic E-state index is 5.35. The number of aryl methyl sites for hydroxylation is 1. The van der Waals surface area contributed by atoms with Gasteiger partial charge in [-0.3, -0.25) is 0 Å². The first-order chi connectivity index (χ1) is 8.83. The summed E-state index contributed by atoms with van der Waals surface area (Å²) in [7, 11) is 0. The molecule has 2 rings (SSSR count). The molecule has 100 valence electrons. The minimum atomic E-state index is 0.678. The van der Waals surface area contributed by atoms with E-state index in [-0.39, 0.29) is 0 Å². The van der Waals surface area contributed by atoms with Crippen molar-refractivity contribution in [3.05, 3.63) is 5.82 Å². The molecular formula is C12H21N5O. The zero-order chi connectivity index (χ0) is 12.8. The molecule has 0 saturated carbocycles. The Morgan fingerprint density at radius 2 is 1.94 bits per heavy atom. The van der Waals surface area contributed by atoms with Crippen LogP contribution in [0.3, 0.4) is 0 Å². The van der Waals surface area contributed by atoms with E-state index in [4.69, 9.17) is 4.74 Å². The molecule has 0 amide bonds. The molecule has 18 heavy (non-hydrogen) atoms. The molecule has 0 atom stereocenters. The van der Waals surface area contributed by atoms with Crippen molar-refractivity contribution in [1.29, 1.82) is 0 Å². The summed E-state index contributed by atoms with van der Waals surface area (Å²) in [5, 5.41) is 3.17. The first-order valence-corrected chi connectivity index (χ1v) is 6.65. The number of hydrogen-bond donors (Lipinski definition) is 1. The lowest BCUT2D eigenvalue weighted by atomic mass is 10.3. The standard InChI is InChI=1S/C12H21N5O/c1-3-5-10-14-11(13-4-2)16-12(15-10)17-6-8-18-9-7-17/h3-9H2,1-2H3,(H,13,14,15,16). The monoisotopic (exact) mass is 251 g/mol. The average molecular weight is 251 g/mol. The molecule has 1 aliphatic heterocycles. The number of nitrogens with one attached hydrogen (secondary N) is 1. The van der Waals surface area contributed by atoms with Gasteiger partial charge in [-0.25, -0.2) is 0 Å². The van der Waals surface area contributed by atoms with Crippen LogP contribution in [0.2, 0.25) is 0 Å². The fourth-order valence-corrected chi connectivity index (χ4v) is 1.88. The number of hydrogen-bond acceptors (Lipinski definition) is 6. The van der Waals surface area contributed by atoms with Crippen molar-refractivity contribution in [3.8, 4) is 0 Å². The number of aromatic nitrogens is 3. The smallest absolute Gasteiger partial charge is 0.230 e. The van der Waals surface area contributed by atoms with Gasteiger partial charge < -0.3 is 15.0 Å². The van der Waals surface area contributed by atoms with Gasteiger partial charge in [-0.2, -0.15) is 15.0 Å². The summed E-state index contributed by atoms with van der Waals surface area (Å²) in [5.41, 5.74) is 0. The van der Waals surface area contributed by atoms with Gasteiger partial charge >= 0.3 is 0 Å². The maximum Gasteiger partial charge on any atom is 0.230 e. The molecule has 0 radical (unpaired) electrons. The largest absolute Gasteiger partial charge is 0.378 e. The molecule has 2 heterocycles. The highest BCUT2D eigenvalue weighted by Crippen LogP contribution is 2.13. The summed E-state index contributed by atoms with van der Waals surface area (Å²) < 4.78 is 5.35. The second-order valence-corrected chi connectivity index (χ2v) is 4.25. The number of rotatable bonds is 5. The molecule has 0 bridgehead atoms. The lowest BCUT2D eigenvalue weighted by molar-refractivity contribution is 0.122. The summed E-state index contributed by atoms with van der Waals surface area (Å²) in [6.45, 7) is 8.17. The molecule has 1 aromatic heterocycles. The number of ether oxygens (including phenoxy) is 1. The Morgan fingerprint density at radius 1 is 1.17 bits per heavy atom. The third kappa shape index (κ3) is 3.29. The van der Waals surface area contributed by atoms with E-state index in [1.165, 1.54) is 0 Å². The molecule has 1 fully saturated rings. The Morgan fingerprint density at radius 3 is 2.61 bits per heavy atom. The van der Waals surface area contributed by atoms with Crippen LogP contribution in [0.4, 0.5) is 11.9 Å². The molecule has 0 spiro atoms. The predicted molar refractivity (Wildman–Crippen MR) is 71.0 cm³/mol. The van der Waals surface area contributed by atoms with Crippen molar-refractivity contribution in [1.82, 2.24) is 15.0 Å². The van der Waals surface area contributed by atoms with Gasteiger partial charge in [0.2, 0.25) is 11.9 Å². The lowest BCUT2D eigenvalue weighted by Gasteiger charge is -2.27. The molecule has 0 aliphatic carbocycles. The van der Waals surface area contributed by atoms with Crippen LogP contribution in [0.15, 0.2) is 0 Å².